The molecule has 9 heteroatoms. The lowest BCUT2D eigenvalue weighted by Crippen LogP contribution is -2.48. The number of carbonyl (C=O) groups is 2. The first-order valence-electron chi connectivity index (χ1n) is 15.1. The van der Waals surface area contributed by atoms with Gasteiger partial charge in [-0.1, -0.05) is 0 Å². The Labute approximate surface area is 237 Å². The highest BCUT2D eigenvalue weighted by Crippen LogP contribution is 2.46. The second-order valence-corrected chi connectivity index (χ2v) is 13.5. The zero-order valence-electron chi connectivity index (χ0n) is 24.8. The zero-order chi connectivity index (χ0) is 28.9. The van der Waals surface area contributed by atoms with Crippen LogP contribution in [0.4, 0.5) is 25.0 Å². The maximum atomic E-state index is 15.0. The number of nitrogens with zero attached hydrogens (tertiary/aromatic N) is 4. The monoisotopic (exact) mass is 560 g/mol. The number of halogens is 2. The van der Waals surface area contributed by atoms with E-state index >= 15 is 8.78 Å². The zero-order valence-corrected chi connectivity index (χ0v) is 24.8. The average molecular weight is 561 g/mol. The molecule has 0 saturated carbocycles. The van der Waals surface area contributed by atoms with Gasteiger partial charge in [0, 0.05) is 63.0 Å². The van der Waals surface area contributed by atoms with E-state index in [4.69, 9.17) is 4.74 Å². The first kappa shape index (κ1) is 29.1. The van der Waals surface area contributed by atoms with Crippen molar-refractivity contribution in [2.45, 2.75) is 103 Å². The maximum Gasteiger partial charge on any atom is 0.410 e. The van der Waals surface area contributed by atoms with Crippen molar-refractivity contribution in [3.8, 4) is 0 Å². The molecule has 4 heterocycles. The fourth-order valence-corrected chi connectivity index (χ4v) is 7.22. The summed E-state index contributed by atoms with van der Waals surface area (Å²) in [5.41, 5.74) is -0.167. The summed E-state index contributed by atoms with van der Waals surface area (Å²) in [5, 5.41) is 0. The molecule has 2 amide bonds. The molecule has 0 bridgehead atoms. The van der Waals surface area contributed by atoms with Gasteiger partial charge in [-0.15, -0.1) is 0 Å². The number of carbonyl (C=O) groups excluding carboxylic acids is 2. The van der Waals surface area contributed by atoms with Gasteiger partial charge < -0.3 is 19.4 Å². The highest BCUT2D eigenvalue weighted by atomic mass is 19.3. The lowest BCUT2D eigenvalue weighted by atomic mass is 9.77. The van der Waals surface area contributed by atoms with E-state index in [1.807, 2.05) is 26.8 Å². The Morgan fingerprint density at radius 2 is 1.60 bits per heavy atom. The van der Waals surface area contributed by atoms with E-state index in [0.29, 0.717) is 56.7 Å². The largest absolute Gasteiger partial charge is 0.444 e. The summed E-state index contributed by atoms with van der Waals surface area (Å²) in [6.45, 7) is 12.9. The smallest absolute Gasteiger partial charge is 0.410 e. The van der Waals surface area contributed by atoms with Crippen LogP contribution in [0.5, 0.6) is 0 Å². The number of benzene rings is 1. The van der Waals surface area contributed by atoms with E-state index in [2.05, 4.69) is 16.7 Å². The van der Waals surface area contributed by atoms with Crippen LogP contribution >= 0.6 is 0 Å². The molecule has 5 rings (SSSR count). The van der Waals surface area contributed by atoms with E-state index in [9.17, 15) is 9.59 Å². The van der Waals surface area contributed by atoms with Crippen LogP contribution in [-0.4, -0.2) is 78.8 Å². The van der Waals surface area contributed by atoms with Gasteiger partial charge in [0.1, 0.15) is 5.60 Å². The van der Waals surface area contributed by atoms with Gasteiger partial charge in [-0.05, 0) is 97.4 Å². The summed E-state index contributed by atoms with van der Waals surface area (Å²) in [7, 11) is 0. The molecule has 1 aromatic carbocycles. The first-order chi connectivity index (χ1) is 18.8. The number of likely N-dealkylation sites (tertiary alicyclic amines) is 2. The van der Waals surface area contributed by atoms with E-state index in [-0.39, 0.29) is 17.6 Å². The van der Waals surface area contributed by atoms with Gasteiger partial charge in [0.05, 0.1) is 11.1 Å². The fourth-order valence-electron chi connectivity index (χ4n) is 7.22. The van der Waals surface area contributed by atoms with Crippen LogP contribution in [0.3, 0.4) is 0 Å². The van der Waals surface area contributed by atoms with E-state index in [1.54, 1.807) is 21.9 Å². The molecule has 4 aliphatic rings. The molecule has 0 unspecified atom stereocenters. The van der Waals surface area contributed by atoms with Gasteiger partial charge in [0.15, 0.2) is 0 Å². The van der Waals surface area contributed by atoms with Crippen LogP contribution in [0, 0.1) is 5.41 Å². The molecule has 40 heavy (non-hydrogen) atoms. The first-order valence-corrected chi connectivity index (χ1v) is 15.1. The lowest BCUT2D eigenvalue weighted by Gasteiger charge is -2.40. The Hall–Kier alpha value is -2.42. The van der Waals surface area contributed by atoms with Gasteiger partial charge in [-0.25, -0.2) is 13.6 Å². The molecule has 1 spiro atoms. The minimum absolute atomic E-state index is 0.0862. The summed E-state index contributed by atoms with van der Waals surface area (Å²) in [6.07, 6.45) is 5.87. The predicted octanol–water partition coefficient (Wildman–Crippen LogP) is 6.01. The third-order valence-corrected chi connectivity index (χ3v) is 9.53. The maximum absolute atomic E-state index is 15.0. The summed E-state index contributed by atoms with van der Waals surface area (Å²) in [6, 6.07) is 6.45. The minimum atomic E-state index is -3.08. The highest BCUT2D eigenvalue weighted by molar-refractivity contribution is 6.01. The van der Waals surface area contributed by atoms with Gasteiger partial charge in [-0.3, -0.25) is 9.69 Å². The average Bonchev–Trinajstić information content (AvgIpc) is 3.46. The highest BCUT2D eigenvalue weighted by Gasteiger charge is 2.50. The molecule has 0 aromatic heterocycles. The molecular weight excluding hydrogens is 514 g/mol. The van der Waals surface area contributed by atoms with Crippen LogP contribution in [-0.2, 0) is 15.5 Å². The molecular formula is C31H46F2N4O3. The number of ether oxygens (including phenoxy) is 1. The van der Waals surface area contributed by atoms with Crippen molar-refractivity contribution in [2.24, 2.45) is 5.41 Å². The van der Waals surface area contributed by atoms with Crippen molar-refractivity contribution in [1.29, 1.82) is 0 Å². The number of piperidine rings is 2. The summed E-state index contributed by atoms with van der Waals surface area (Å²) >= 11 is 0. The standard InChI is InChI=1S/C31H46F2N4O3/c1-22-7-6-15-36(22)23-10-16-34(17-11-23)24-8-9-26(25(21-24)30(5,32)33)37-20-14-31(27(37)38)12-18-35(19-13-31)28(39)40-29(2,3)4/h8-9,21-23H,6-7,10-20H2,1-5H3/t22-/m0/s1. The molecule has 0 N–H and O–H groups in total. The normalized spacial score (nSPS) is 24.8. The minimum Gasteiger partial charge on any atom is -0.444 e. The molecule has 4 fully saturated rings. The van der Waals surface area contributed by atoms with Crippen molar-refractivity contribution < 1.29 is 23.1 Å². The van der Waals surface area contributed by atoms with Crippen molar-refractivity contribution >= 4 is 23.4 Å². The molecule has 4 aliphatic heterocycles. The Morgan fingerprint density at radius 1 is 0.950 bits per heavy atom. The molecule has 0 radical (unpaired) electrons. The van der Waals surface area contributed by atoms with Gasteiger partial charge in [0.2, 0.25) is 5.91 Å². The Kier molecular flexibility index (Phi) is 7.83. The molecule has 4 saturated heterocycles. The Balaban J connectivity index is 1.28. The van der Waals surface area contributed by atoms with E-state index in [1.165, 1.54) is 12.8 Å². The molecule has 7 nitrogen and oxygen atoms in total. The predicted molar refractivity (Wildman–Crippen MR) is 153 cm³/mol. The Morgan fingerprint density at radius 3 is 2.17 bits per heavy atom. The van der Waals surface area contributed by atoms with Crippen LogP contribution in [0.2, 0.25) is 0 Å². The topological polar surface area (TPSA) is 56.3 Å². The van der Waals surface area contributed by atoms with Crippen molar-refractivity contribution in [1.82, 2.24) is 9.80 Å². The van der Waals surface area contributed by atoms with E-state index in [0.717, 1.165) is 45.1 Å². The van der Waals surface area contributed by atoms with E-state index < -0.39 is 16.9 Å². The quantitative estimate of drug-likeness (QED) is 0.452. The summed E-state index contributed by atoms with van der Waals surface area (Å²) in [4.78, 5) is 34.4. The number of hydrogen-bond acceptors (Lipinski definition) is 5. The van der Waals surface area contributed by atoms with Gasteiger partial charge >= 0.3 is 6.09 Å². The van der Waals surface area contributed by atoms with Crippen LogP contribution < -0.4 is 9.80 Å². The Bertz CT molecular complexity index is 1100. The third kappa shape index (κ3) is 5.81. The third-order valence-electron chi connectivity index (χ3n) is 9.53. The number of alkyl halides is 2. The number of rotatable bonds is 4. The van der Waals surface area contributed by atoms with Crippen molar-refractivity contribution in [2.75, 3.05) is 49.1 Å². The van der Waals surface area contributed by atoms with Crippen LogP contribution in [0.1, 0.15) is 85.1 Å². The van der Waals surface area contributed by atoms with Gasteiger partial charge in [0.25, 0.3) is 5.92 Å². The summed E-state index contributed by atoms with van der Waals surface area (Å²) in [5.74, 6) is -3.18. The lowest BCUT2D eigenvalue weighted by molar-refractivity contribution is -0.128. The molecule has 0 aliphatic carbocycles. The molecule has 1 aromatic rings. The number of amides is 2. The van der Waals surface area contributed by atoms with Crippen molar-refractivity contribution in [3.63, 3.8) is 0 Å². The molecule has 1 atom stereocenters. The molecule has 222 valence electrons. The van der Waals surface area contributed by atoms with Crippen LogP contribution in [0.25, 0.3) is 0 Å². The SMILES string of the molecule is C[C@H]1CCCN1C1CCN(c2ccc(N3CCC4(CCN(C(=O)OC(C)(C)C)CC4)C3=O)c(C(C)(F)F)c2)CC1. The summed E-state index contributed by atoms with van der Waals surface area (Å²) < 4.78 is 35.6. The van der Waals surface area contributed by atoms with Crippen LogP contribution in [0.15, 0.2) is 18.2 Å². The number of hydrogen-bond donors (Lipinski definition) is 0. The second-order valence-electron chi connectivity index (χ2n) is 13.5. The second kappa shape index (κ2) is 10.8. The fraction of sp³-hybridized carbons (Fsp3) is 0.742. The van der Waals surface area contributed by atoms with Gasteiger partial charge in [-0.2, -0.15) is 0 Å². The van der Waals surface area contributed by atoms with Crippen molar-refractivity contribution in [3.05, 3.63) is 23.8 Å². The number of anilines is 2.